The first-order chi connectivity index (χ1) is 13.7. The Morgan fingerprint density at radius 1 is 0.857 bits per heavy atom. The van der Waals surface area contributed by atoms with Crippen LogP contribution >= 0.6 is 0 Å². The molecule has 0 bridgehead atoms. The van der Waals surface area contributed by atoms with E-state index >= 15 is 0 Å². The standard InChI is InChI=1S/C12H22.C7H14.C7H12.C2H6/c1-3-5-8-12-10-6-9-11(12)7-4-2;2*1-3-5-7-6-4-2;1-2/h6,9,11-12H,3-5,7-8,10H2,1-2H3;3,5H,4,6-7H2,1-2H3;3,7H,4,6H2,1-2H3;1-2H3/b;5-3-;;. The van der Waals surface area contributed by atoms with Crippen LogP contribution in [0, 0.1) is 11.8 Å². The molecule has 0 aromatic heterocycles. The van der Waals surface area contributed by atoms with Crippen LogP contribution in [-0.2, 0) is 0 Å². The summed E-state index contributed by atoms with van der Waals surface area (Å²) >= 11 is 0. The van der Waals surface area contributed by atoms with Gasteiger partial charge in [-0.05, 0) is 69.9 Å². The molecule has 0 heterocycles. The van der Waals surface area contributed by atoms with Crippen molar-refractivity contribution in [3.63, 3.8) is 0 Å². The van der Waals surface area contributed by atoms with Crippen molar-refractivity contribution >= 4 is 0 Å². The van der Waals surface area contributed by atoms with Crippen molar-refractivity contribution in [2.24, 2.45) is 11.8 Å². The van der Waals surface area contributed by atoms with Crippen molar-refractivity contribution in [2.75, 3.05) is 0 Å². The number of rotatable bonds is 10. The second-order valence-corrected chi connectivity index (χ2v) is 7.18. The Morgan fingerprint density at radius 3 is 2.04 bits per heavy atom. The molecule has 0 saturated carbocycles. The molecule has 1 rings (SSSR count). The average Bonchev–Trinajstić information content (AvgIpc) is 3.17. The molecule has 0 N–H and O–H groups in total. The Hall–Kier alpha value is -1.00. The van der Waals surface area contributed by atoms with Gasteiger partial charge in [-0.1, -0.05) is 104 Å². The molecule has 1 aliphatic carbocycles. The maximum Gasteiger partial charge on any atom is -0.0202 e. The third-order valence-corrected chi connectivity index (χ3v) is 4.66. The minimum Gasteiger partial charge on any atom is -0.130 e. The first-order valence-corrected chi connectivity index (χ1v) is 12.3. The maximum absolute atomic E-state index is 3.00. The highest BCUT2D eigenvalue weighted by Gasteiger charge is 2.20. The maximum atomic E-state index is 3.00. The Labute approximate surface area is 180 Å². The lowest BCUT2D eigenvalue weighted by molar-refractivity contribution is 0.364. The molecule has 1 aliphatic rings. The van der Waals surface area contributed by atoms with Gasteiger partial charge >= 0.3 is 0 Å². The molecule has 0 aromatic rings. The summed E-state index contributed by atoms with van der Waals surface area (Å²) in [5.74, 6) is 1.91. The minimum atomic E-state index is 0.918. The molecule has 0 aliphatic heterocycles. The number of hydrogen-bond acceptors (Lipinski definition) is 0. The third kappa shape index (κ3) is 25.0. The van der Waals surface area contributed by atoms with Crippen LogP contribution in [0.15, 0.2) is 42.2 Å². The predicted molar refractivity (Wildman–Crippen MR) is 134 cm³/mol. The van der Waals surface area contributed by atoms with Gasteiger partial charge in [-0.2, -0.15) is 0 Å². The van der Waals surface area contributed by atoms with E-state index < -0.39 is 0 Å². The molecule has 0 aromatic carbocycles. The molecule has 28 heavy (non-hydrogen) atoms. The fourth-order valence-electron chi connectivity index (χ4n) is 3.06. The van der Waals surface area contributed by atoms with E-state index in [1.54, 1.807) is 0 Å². The van der Waals surface area contributed by atoms with E-state index in [4.69, 9.17) is 0 Å². The normalized spacial score (nSPS) is 16.7. The quantitative estimate of drug-likeness (QED) is 0.198. The van der Waals surface area contributed by atoms with Gasteiger partial charge in [0.25, 0.3) is 0 Å². The zero-order valence-electron chi connectivity index (χ0n) is 20.9. The highest BCUT2D eigenvalue weighted by atomic mass is 14.3. The van der Waals surface area contributed by atoms with E-state index in [2.05, 4.69) is 70.7 Å². The van der Waals surface area contributed by atoms with Crippen LogP contribution in [-0.4, -0.2) is 0 Å². The van der Waals surface area contributed by atoms with Gasteiger partial charge in [0.2, 0.25) is 0 Å². The first kappa shape index (κ1) is 31.7. The van der Waals surface area contributed by atoms with Crippen molar-refractivity contribution in [2.45, 2.75) is 126 Å². The van der Waals surface area contributed by atoms with Gasteiger partial charge in [0.05, 0.1) is 0 Å². The largest absolute Gasteiger partial charge is 0.130 e. The zero-order valence-corrected chi connectivity index (χ0v) is 20.9. The Balaban J connectivity index is -0.000000340. The molecule has 0 heteroatoms. The number of unbranched alkanes of at least 4 members (excludes halogenated alkanes) is 4. The van der Waals surface area contributed by atoms with Gasteiger partial charge in [0.15, 0.2) is 0 Å². The van der Waals surface area contributed by atoms with Crippen LogP contribution in [0.4, 0.5) is 0 Å². The third-order valence-electron chi connectivity index (χ3n) is 4.66. The SMILES string of the molecule is C/C=C\CCCC.CC.CC=C=CCCC.CCCCC1CC=CC1CCC. The minimum absolute atomic E-state index is 0.918. The highest BCUT2D eigenvalue weighted by molar-refractivity contribution is 5.00. The van der Waals surface area contributed by atoms with Crippen LogP contribution in [0.25, 0.3) is 0 Å². The van der Waals surface area contributed by atoms with Crippen molar-refractivity contribution < 1.29 is 0 Å². The number of allylic oxidation sites excluding steroid dienone is 5. The fourth-order valence-corrected chi connectivity index (χ4v) is 3.06. The Bertz CT molecular complexity index is 365. The van der Waals surface area contributed by atoms with Crippen LogP contribution in [0.2, 0.25) is 0 Å². The van der Waals surface area contributed by atoms with Crippen molar-refractivity contribution in [1.82, 2.24) is 0 Å². The van der Waals surface area contributed by atoms with Gasteiger partial charge in [-0.15, -0.1) is 5.73 Å². The summed E-state index contributed by atoms with van der Waals surface area (Å²) in [6.45, 7) is 17.0. The summed E-state index contributed by atoms with van der Waals surface area (Å²) in [6, 6.07) is 0. The van der Waals surface area contributed by atoms with E-state index in [0.29, 0.717) is 0 Å². The molecular weight excluding hydrogens is 336 g/mol. The fraction of sp³-hybridized carbons (Fsp3) is 0.750. The lowest BCUT2D eigenvalue weighted by Gasteiger charge is -2.17. The molecule has 0 nitrogen and oxygen atoms in total. The summed E-state index contributed by atoms with van der Waals surface area (Å²) < 4.78 is 0. The summed E-state index contributed by atoms with van der Waals surface area (Å²) in [5, 5.41) is 0. The predicted octanol–water partition coefficient (Wildman–Crippen LogP) is 10.5. The molecule has 0 spiro atoms. The van der Waals surface area contributed by atoms with Crippen LogP contribution in [0.5, 0.6) is 0 Å². The van der Waals surface area contributed by atoms with Gasteiger partial charge in [-0.25, -0.2) is 0 Å². The van der Waals surface area contributed by atoms with Gasteiger partial charge in [0.1, 0.15) is 0 Å². The van der Waals surface area contributed by atoms with Crippen molar-refractivity contribution in [1.29, 1.82) is 0 Å². The Kier molecular flexibility index (Phi) is 34.8. The molecule has 0 fully saturated rings. The lowest BCUT2D eigenvalue weighted by Crippen LogP contribution is -2.07. The van der Waals surface area contributed by atoms with E-state index in [9.17, 15) is 0 Å². The first-order valence-electron chi connectivity index (χ1n) is 12.3. The smallest absolute Gasteiger partial charge is 0.0202 e. The van der Waals surface area contributed by atoms with Gasteiger partial charge in [0, 0.05) is 0 Å². The molecule has 2 unspecified atom stereocenters. The van der Waals surface area contributed by atoms with E-state index in [-0.39, 0.29) is 0 Å². The van der Waals surface area contributed by atoms with Gasteiger partial charge < -0.3 is 0 Å². The second-order valence-electron chi connectivity index (χ2n) is 7.18. The van der Waals surface area contributed by atoms with Crippen LogP contribution < -0.4 is 0 Å². The molecule has 0 saturated heterocycles. The average molecular weight is 391 g/mol. The van der Waals surface area contributed by atoms with Crippen LogP contribution in [0.3, 0.4) is 0 Å². The zero-order chi connectivity index (χ0) is 21.9. The molecular formula is C28H54. The number of hydrogen-bond donors (Lipinski definition) is 0. The monoisotopic (exact) mass is 390 g/mol. The second kappa shape index (κ2) is 30.7. The van der Waals surface area contributed by atoms with Crippen molar-refractivity contribution in [3.8, 4) is 0 Å². The van der Waals surface area contributed by atoms with E-state index in [1.807, 2.05) is 26.8 Å². The van der Waals surface area contributed by atoms with Crippen molar-refractivity contribution in [3.05, 3.63) is 42.2 Å². The highest BCUT2D eigenvalue weighted by Crippen LogP contribution is 2.32. The Morgan fingerprint density at radius 2 is 1.54 bits per heavy atom. The molecule has 0 radical (unpaired) electrons. The van der Waals surface area contributed by atoms with Gasteiger partial charge in [-0.3, -0.25) is 0 Å². The molecule has 166 valence electrons. The topological polar surface area (TPSA) is 0 Å². The van der Waals surface area contributed by atoms with E-state index in [0.717, 1.165) is 18.3 Å². The lowest BCUT2D eigenvalue weighted by atomic mass is 9.87. The van der Waals surface area contributed by atoms with Crippen LogP contribution in [0.1, 0.15) is 126 Å². The summed E-state index contributed by atoms with van der Waals surface area (Å²) in [5.41, 5.74) is 3.00. The summed E-state index contributed by atoms with van der Waals surface area (Å²) in [6.07, 6.45) is 27.8. The summed E-state index contributed by atoms with van der Waals surface area (Å²) in [7, 11) is 0. The molecule has 2 atom stereocenters. The summed E-state index contributed by atoms with van der Waals surface area (Å²) in [4.78, 5) is 0. The van der Waals surface area contributed by atoms with E-state index in [1.165, 1.54) is 64.2 Å². The molecule has 0 amide bonds.